The molecule has 0 aliphatic carbocycles. The number of halogens is 3. The molecule has 1 aliphatic heterocycles. The van der Waals surface area contributed by atoms with Crippen molar-refractivity contribution in [3.05, 3.63) is 71.6 Å². The molecule has 43 heavy (non-hydrogen) atoms. The highest BCUT2D eigenvalue weighted by Crippen LogP contribution is 2.32. The van der Waals surface area contributed by atoms with Gasteiger partial charge in [0.05, 0.1) is 12.6 Å². The Morgan fingerprint density at radius 2 is 1.77 bits per heavy atom. The van der Waals surface area contributed by atoms with Gasteiger partial charge in [0.1, 0.15) is 6.04 Å². The van der Waals surface area contributed by atoms with Crippen LogP contribution in [0.2, 0.25) is 0 Å². The Balaban J connectivity index is 1.35. The largest absolute Gasteiger partial charge is 0.471 e. The SMILES string of the molecule is CC(C)COC(=O)N1CC[C@H](c2ccccc2)C[C@@H]1C(=O)N[C@@H](C)C(=O)CCc1ccc(-c2noc(C(F)(F)F)n2)cc1. The number of amides is 2. The van der Waals surface area contributed by atoms with Gasteiger partial charge in [-0.3, -0.25) is 14.5 Å². The van der Waals surface area contributed by atoms with E-state index in [-0.39, 0.29) is 36.5 Å². The lowest BCUT2D eigenvalue weighted by Gasteiger charge is -2.38. The molecule has 0 spiro atoms. The van der Waals surface area contributed by atoms with Crippen LogP contribution in [0.15, 0.2) is 59.1 Å². The van der Waals surface area contributed by atoms with Gasteiger partial charge in [-0.15, -0.1) is 0 Å². The van der Waals surface area contributed by atoms with E-state index in [9.17, 15) is 27.6 Å². The second kappa shape index (κ2) is 13.8. The van der Waals surface area contributed by atoms with Gasteiger partial charge in [0, 0.05) is 18.5 Å². The van der Waals surface area contributed by atoms with Crippen LogP contribution in [0.5, 0.6) is 0 Å². The van der Waals surface area contributed by atoms with Gasteiger partial charge in [-0.05, 0) is 49.1 Å². The van der Waals surface area contributed by atoms with Gasteiger partial charge in [0.25, 0.3) is 0 Å². The second-order valence-electron chi connectivity index (χ2n) is 11.1. The van der Waals surface area contributed by atoms with Crippen LogP contribution in [-0.4, -0.2) is 58.1 Å². The molecule has 0 saturated carbocycles. The number of carbonyl (C=O) groups is 3. The highest BCUT2D eigenvalue weighted by atomic mass is 19.4. The molecule has 2 heterocycles. The molecule has 1 saturated heterocycles. The quantitative estimate of drug-likeness (QED) is 0.313. The van der Waals surface area contributed by atoms with E-state index in [0.29, 0.717) is 31.4 Å². The first kappa shape index (κ1) is 31.7. The average molecular weight is 601 g/mol. The Kier molecular flexibility index (Phi) is 10.2. The van der Waals surface area contributed by atoms with E-state index in [2.05, 4.69) is 20.0 Å². The standard InChI is InChI=1S/C31H35F3N4O5/c1-19(2)18-42-30(41)38-16-15-24(22-7-5-4-6-8-22)17-25(38)28(40)35-20(3)26(39)14-11-21-9-12-23(13-10-21)27-36-29(43-37-27)31(32,33)34/h4-10,12-13,19-20,24-25H,11,14-18H2,1-3H3,(H,35,40)/t20-,24-,25+/m0/s1. The summed E-state index contributed by atoms with van der Waals surface area (Å²) in [5.74, 6) is -2.00. The van der Waals surface area contributed by atoms with Crippen LogP contribution in [-0.2, 0) is 26.9 Å². The van der Waals surface area contributed by atoms with Gasteiger partial charge in [0.2, 0.25) is 11.7 Å². The van der Waals surface area contributed by atoms with E-state index in [1.165, 1.54) is 4.90 Å². The number of Topliss-reactive ketones (excluding diaryl/α,β-unsaturated/α-hetero) is 1. The lowest BCUT2D eigenvalue weighted by atomic mass is 9.85. The summed E-state index contributed by atoms with van der Waals surface area (Å²) in [5, 5.41) is 6.16. The monoisotopic (exact) mass is 600 g/mol. The summed E-state index contributed by atoms with van der Waals surface area (Å²) in [7, 11) is 0. The van der Waals surface area contributed by atoms with Crippen LogP contribution >= 0.6 is 0 Å². The number of carbonyl (C=O) groups excluding carboxylic acids is 3. The number of nitrogens with zero attached hydrogens (tertiary/aromatic N) is 3. The number of ether oxygens (including phenoxy) is 1. The Bertz CT molecular complexity index is 1390. The van der Waals surface area contributed by atoms with Crippen molar-refractivity contribution in [1.29, 1.82) is 0 Å². The predicted molar refractivity (Wildman–Crippen MR) is 151 cm³/mol. The molecule has 3 atom stereocenters. The number of hydrogen-bond acceptors (Lipinski definition) is 7. The summed E-state index contributed by atoms with van der Waals surface area (Å²) in [6.45, 7) is 6.07. The Labute approximate surface area is 247 Å². The molecular weight excluding hydrogens is 565 g/mol. The lowest BCUT2D eigenvalue weighted by Crippen LogP contribution is -2.55. The highest BCUT2D eigenvalue weighted by molar-refractivity contribution is 5.92. The number of aryl methyl sites for hydroxylation is 1. The van der Waals surface area contributed by atoms with Crippen LogP contribution in [0.1, 0.15) is 63.0 Å². The zero-order chi connectivity index (χ0) is 31.1. The van der Waals surface area contributed by atoms with E-state index < -0.39 is 36.2 Å². The molecule has 0 unspecified atom stereocenters. The zero-order valence-electron chi connectivity index (χ0n) is 24.3. The first-order valence-corrected chi connectivity index (χ1v) is 14.2. The number of rotatable bonds is 10. The topological polar surface area (TPSA) is 115 Å². The number of nitrogens with one attached hydrogen (secondary N) is 1. The molecule has 3 aromatic rings. The molecular formula is C31H35F3N4O5. The maximum absolute atomic E-state index is 13.5. The van der Waals surface area contributed by atoms with Crippen LogP contribution in [0.25, 0.3) is 11.4 Å². The number of hydrogen-bond donors (Lipinski definition) is 1. The molecule has 0 bridgehead atoms. The van der Waals surface area contributed by atoms with Crippen molar-refractivity contribution in [3.63, 3.8) is 0 Å². The Morgan fingerprint density at radius 3 is 2.40 bits per heavy atom. The maximum atomic E-state index is 13.5. The van der Waals surface area contributed by atoms with Crippen LogP contribution in [0, 0.1) is 5.92 Å². The number of piperidine rings is 1. The summed E-state index contributed by atoms with van der Waals surface area (Å²) in [6, 6.07) is 14.7. The fraction of sp³-hybridized carbons (Fsp3) is 0.452. The van der Waals surface area contributed by atoms with Gasteiger partial charge in [0.15, 0.2) is 5.78 Å². The Morgan fingerprint density at radius 1 is 1.07 bits per heavy atom. The van der Waals surface area contributed by atoms with Crippen LogP contribution in [0.3, 0.4) is 0 Å². The summed E-state index contributed by atoms with van der Waals surface area (Å²) < 4.78 is 47.9. The highest BCUT2D eigenvalue weighted by Gasteiger charge is 2.39. The van der Waals surface area contributed by atoms with Crippen LogP contribution in [0.4, 0.5) is 18.0 Å². The molecule has 2 aromatic carbocycles. The molecule has 1 fully saturated rings. The fourth-order valence-electron chi connectivity index (χ4n) is 4.93. The van der Waals surface area contributed by atoms with Gasteiger partial charge < -0.3 is 14.6 Å². The molecule has 4 rings (SSSR count). The minimum atomic E-state index is -4.73. The van der Waals surface area contributed by atoms with E-state index in [1.54, 1.807) is 31.2 Å². The van der Waals surface area contributed by atoms with Crippen LogP contribution < -0.4 is 5.32 Å². The number of benzene rings is 2. The van der Waals surface area contributed by atoms with E-state index in [4.69, 9.17) is 4.74 Å². The maximum Gasteiger partial charge on any atom is 0.471 e. The van der Waals surface area contributed by atoms with Crippen molar-refractivity contribution in [1.82, 2.24) is 20.4 Å². The predicted octanol–water partition coefficient (Wildman–Crippen LogP) is 5.80. The smallest absolute Gasteiger partial charge is 0.449 e. The second-order valence-corrected chi connectivity index (χ2v) is 11.1. The third kappa shape index (κ3) is 8.42. The third-order valence-corrected chi connectivity index (χ3v) is 7.33. The molecule has 9 nitrogen and oxygen atoms in total. The van der Waals surface area contributed by atoms with E-state index in [0.717, 1.165) is 11.1 Å². The summed E-state index contributed by atoms with van der Waals surface area (Å²) in [6.07, 6.45) is -3.70. The number of likely N-dealkylation sites (tertiary alicyclic amines) is 1. The number of ketones is 1. The van der Waals surface area contributed by atoms with Crippen molar-refractivity contribution in [2.24, 2.45) is 5.92 Å². The first-order valence-electron chi connectivity index (χ1n) is 14.2. The molecule has 230 valence electrons. The summed E-state index contributed by atoms with van der Waals surface area (Å²) >= 11 is 0. The third-order valence-electron chi connectivity index (χ3n) is 7.33. The lowest BCUT2D eigenvalue weighted by molar-refractivity contribution is -0.159. The van der Waals surface area contributed by atoms with Crippen molar-refractivity contribution in [2.75, 3.05) is 13.2 Å². The van der Waals surface area contributed by atoms with Crippen molar-refractivity contribution >= 4 is 17.8 Å². The summed E-state index contributed by atoms with van der Waals surface area (Å²) in [4.78, 5) is 44.1. The Hall–Kier alpha value is -4.22. The minimum Gasteiger partial charge on any atom is -0.449 e. The van der Waals surface area contributed by atoms with Crippen molar-refractivity contribution < 1.29 is 36.8 Å². The molecule has 0 radical (unpaired) electrons. The fourth-order valence-corrected chi connectivity index (χ4v) is 4.93. The molecule has 2 amide bonds. The zero-order valence-corrected chi connectivity index (χ0v) is 24.3. The average Bonchev–Trinajstić information content (AvgIpc) is 3.50. The number of aromatic nitrogens is 2. The number of alkyl halides is 3. The van der Waals surface area contributed by atoms with Crippen molar-refractivity contribution in [3.8, 4) is 11.4 Å². The molecule has 1 aromatic heterocycles. The van der Waals surface area contributed by atoms with Gasteiger partial charge in [-0.1, -0.05) is 73.6 Å². The van der Waals surface area contributed by atoms with E-state index >= 15 is 0 Å². The normalized spacial score (nSPS) is 17.9. The van der Waals surface area contributed by atoms with Crippen molar-refractivity contribution in [2.45, 2.75) is 70.6 Å². The van der Waals surface area contributed by atoms with Gasteiger partial charge in [-0.2, -0.15) is 18.2 Å². The molecule has 1 aliphatic rings. The minimum absolute atomic E-state index is 0.0765. The van der Waals surface area contributed by atoms with Gasteiger partial charge in [-0.25, -0.2) is 4.79 Å². The van der Waals surface area contributed by atoms with Gasteiger partial charge >= 0.3 is 18.2 Å². The molecule has 12 heteroatoms. The van der Waals surface area contributed by atoms with E-state index in [1.807, 2.05) is 44.2 Å². The first-order chi connectivity index (χ1) is 20.4. The summed E-state index contributed by atoms with van der Waals surface area (Å²) in [5.41, 5.74) is 2.20. The molecule has 1 N–H and O–H groups in total.